The molecule has 6 nitrogen and oxygen atoms in total. The number of hydrogen-bond acceptors (Lipinski definition) is 4. The Morgan fingerprint density at radius 1 is 1.14 bits per heavy atom. The first kappa shape index (κ1) is 22.2. The van der Waals surface area contributed by atoms with Crippen molar-refractivity contribution in [3.05, 3.63) is 59.4 Å². The second-order valence-corrected chi connectivity index (χ2v) is 7.17. The quantitative estimate of drug-likeness (QED) is 0.695. The van der Waals surface area contributed by atoms with Gasteiger partial charge in [0, 0.05) is 12.6 Å². The highest BCUT2D eigenvalue weighted by Crippen LogP contribution is 2.30. The van der Waals surface area contributed by atoms with Gasteiger partial charge < -0.3 is 20.1 Å². The fourth-order valence-electron chi connectivity index (χ4n) is 2.90. The summed E-state index contributed by atoms with van der Waals surface area (Å²) in [6.07, 6.45) is 0.889. The Balaban J connectivity index is 2.26. The van der Waals surface area contributed by atoms with Crippen LogP contribution in [0, 0.1) is 11.7 Å². The standard InChI is InChI=1S/C22H27FN2O4/c1-14(2)10-11-29-18-9-8-16(13-19(18)28-4)22(27)25(3)20(21(24)26)15-6-5-7-17(23)12-15/h5-9,12-14,20H,10-11H2,1-4H3,(H2,24,26). The second-order valence-electron chi connectivity index (χ2n) is 7.17. The van der Waals surface area contributed by atoms with Crippen LogP contribution in [0.1, 0.15) is 42.2 Å². The highest BCUT2D eigenvalue weighted by molar-refractivity contribution is 5.98. The van der Waals surface area contributed by atoms with E-state index in [1.54, 1.807) is 24.3 Å². The molecule has 0 fully saturated rings. The van der Waals surface area contributed by atoms with Crippen LogP contribution in [0.4, 0.5) is 4.39 Å². The maximum Gasteiger partial charge on any atom is 0.254 e. The molecular formula is C22H27FN2O4. The number of primary amides is 1. The zero-order chi connectivity index (χ0) is 21.6. The Morgan fingerprint density at radius 3 is 2.45 bits per heavy atom. The summed E-state index contributed by atoms with van der Waals surface area (Å²) in [5.41, 5.74) is 6.09. The van der Waals surface area contributed by atoms with Gasteiger partial charge >= 0.3 is 0 Å². The summed E-state index contributed by atoms with van der Waals surface area (Å²) in [7, 11) is 2.93. The van der Waals surface area contributed by atoms with Crippen LogP contribution in [-0.4, -0.2) is 37.5 Å². The fraction of sp³-hybridized carbons (Fsp3) is 0.364. The molecule has 0 aliphatic carbocycles. The van der Waals surface area contributed by atoms with Gasteiger partial charge in [0.15, 0.2) is 11.5 Å². The molecule has 0 radical (unpaired) electrons. The summed E-state index contributed by atoms with van der Waals surface area (Å²) in [5, 5.41) is 0. The van der Waals surface area contributed by atoms with E-state index in [1.165, 1.54) is 37.3 Å². The molecule has 0 saturated carbocycles. The van der Waals surface area contributed by atoms with Gasteiger partial charge in [-0.3, -0.25) is 9.59 Å². The number of halogens is 1. The van der Waals surface area contributed by atoms with Crippen molar-refractivity contribution in [2.75, 3.05) is 20.8 Å². The van der Waals surface area contributed by atoms with Gasteiger partial charge in [-0.15, -0.1) is 0 Å². The number of carbonyl (C=O) groups excluding carboxylic acids is 2. The number of carbonyl (C=O) groups is 2. The van der Waals surface area contributed by atoms with Crippen LogP contribution < -0.4 is 15.2 Å². The van der Waals surface area contributed by atoms with E-state index >= 15 is 0 Å². The van der Waals surface area contributed by atoms with E-state index in [4.69, 9.17) is 15.2 Å². The number of methoxy groups -OCH3 is 1. The Labute approximate surface area is 170 Å². The van der Waals surface area contributed by atoms with Gasteiger partial charge in [0.05, 0.1) is 13.7 Å². The lowest BCUT2D eigenvalue weighted by molar-refractivity contribution is -0.122. The fourth-order valence-corrected chi connectivity index (χ4v) is 2.90. The van der Waals surface area contributed by atoms with Crippen molar-refractivity contribution in [1.82, 2.24) is 4.90 Å². The number of likely N-dealkylation sites (N-methyl/N-ethyl adjacent to an activating group) is 1. The van der Waals surface area contributed by atoms with Crippen LogP contribution >= 0.6 is 0 Å². The monoisotopic (exact) mass is 402 g/mol. The van der Waals surface area contributed by atoms with E-state index < -0.39 is 23.7 Å². The normalized spacial score (nSPS) is 11.8. The molecule has 1 atom stereocenters. The lowest BCUT2D eigenvalue weighted by Crippen LogP contribution is -2.39. The van der Waals surface area contributed by atoms with Crippen molar-refractivity contribution < 1.29 is 23.5 Å². The zero-order valence-corrected chi connectivity index (χ0v) is 17.1. The summed E-state index contributed by atoms with van der Waals surface area (Å²) in [5.74, 6) is -0.279. The highest BCUT2D eigenvalue weighted by Gasteiger charge is 2.28. The smallest absolute Gasteiger partial charge is 0.254 e. The van der Waals surface area contributed by atoms with Gasteiger partial charge in [-0.25, -0.2) is 4.39 Å². The maximum absolute atomic E-state index is 13.6. The molecule has 2 amide bonds. The molecule has 0 heterocycles. The van der Waals surface area contributed by atoms with E-state index in [2.05, 4.69) is 13.8 Å². The molecule has 2 N–H and O–H groups in total. The molecule has 0 aromatic heterocycles. The summed E-state index contributed by atoms with van der Waals surface area (Å²) in [4.78, 5) is 26.1. The molecule has 0 aliphatic heterocycles. The van der Waals surface area contributed by atoms with E-state index in [0.29, 0.717) is 35.2 Å². The first-order valence-electron chi connectivity index (χ1n) is 9.37. The van der Waals surface area contributed by atoms with Crippen molar-refractivity contribution in [3.63, 3.8) is 0 Å². The SMILES string of the molecule is COc1cc(C(=O)N(C)C(C(N)=O)c2cccc(F)c2)ccc1OCCC(C)C. The van der Waals surface area contributed by atoms with Crippen molar-refractivity contribution in [1.29, 1.82) is 0 Å². The average molecular weight is 402 g/mol. The van der Waals surface area contributed by atoms with Gasteiger partial charge in [-0.2, -0.15) is 0 Å². The zero-order valence-electron chi connectivity index (χ0n) is 17.1. The van der Waals surface area contributed by atoms with Crippen molar-refractivity contribution >= 4 is 11.8 Å². The second kappa shape index (κ2) is 9.91. The molecule has 0 spiro atoms. The third kappa shape index (κ3) is 5.70. The van der Waals surface area contributed by atoms with Crippen molar-refractivity contribution in [2.45, 2.75) is 26.3 Å². The molecule has 0 aliphatic rings. The number of rotatable bonds is 9. The molecule has 1 unspecified atom stereocenters. The van der Waals surface area contributed by atoms with Gasteiger partial charge in [0.2, 0.25) is 5.91 Å². The molecule has 0 saturated heterocycles. The molecular weight excluding hydrogens is 375 g/mol. The Morgan fingerprint density at radius 2 is 1.86 bits per heavy atom. The third-order valence-electron chi connectivity index (χ3n) is 4.50. The minimum atomic E-state index is -1.11. The summed E-state index contributed by atoms with van der Waals surface area (Å²) in [6, 6.07) is 9.15. The van der Waals surface area contributed by atoms with Gasteiger partial charge in [-0.1, -0.05) is 26.0 Å². The van der Waals surface area contributed by atoms with Crippen LogP contribution in [0.3, 0.4) is 0 Å². The average Bonchev–Trinajstić information content (AvgIpc) is 2.67. The van der Waals surface area contributed by atoms with Crippen molar-refractivity contribution in [2.24, 2.45) is 11.7 Å². The molecule has 0 bridgehead atoms. The van der Waals surface area contributed by atoms with Crippen LogP contribution in [0.25, 0.3) is 0 Å². The van der Waals surface area contributed by atoms with E-state index in [9.17, 15) is 14.0 Å². The van der Waals surface area contributed by atoms with Crippen molar-refractivity contribution in [3.8, 4) is 11.5 Å². The largest absolute Gasteiger partial charge is 0.493 e. The van der Waals surface area contributed by atoms with E-state index in [-0.39, 0.29) is 0 Å². The summed E-state index contributed by atoms with van der Waals surface area (Å²) >= 11 is 0. The third-order valence-corrected chi connectivity index (χ3v) is 4.50. The number of amides is 2. The lowest BCUT2D eigenvalue weighted by atomic mass is 10.0. The van der Waals surface area contributed by atoms with Crippen LogP contribution in [0.15, 0.2) is 42.5 Å². The minimum absolute atomic E-state index is 0.295. The first-order chi connectivity index (χ1) is 13.7. The number of nitrogens with two attached hydrogens (primary N) is 1. The minimum Gasteiger partial charge on any atom is -0.493 e. The van der Waals surface area contributed by atoms with Gasteiger partial charge in [-0.05, 0) is 48.2 Å². The Kier molecular flexibility index (Phi) is 7.59. The lowest BCUT2D eigenvalue weighted by Gasteiger charge is -2.26. The summed E-state index contributed by atoms with van der Waals surface area (Å²) in [6.45, 7) is 4.74. The van der Waals surface area contributed by atoms with Crippen LogP contribution in [0.5, 0.6) is 11.5 Å². The maximum atomic E-state index is 13.6. The topological polar surface area (TPSA) is 81.9 Å². The molecule has 156 valence electrons. The highest BCUT2D eigenvalue weighted by atomic mass is 19.1. The van der Waals surface area contributed by atoms with Gasteiger partial charge in [0.1, 0.15) is 11.9 Å². The molecule has 7 heteroatoms. The van der Waals surface area contributed by atoms with Crippen LogP contribution in [0.2, 0.25) is 0 Å². The van der Waals surface area contributed by atoms with Crippen LogP contribution in [-0.2, 0) is 4.79 Å². The number of nitrogens with zero attached hydrogens (tertiary/aromatic N) is 1. The molecule has 29 heavy (non-hydrogen) atoms. The van der Waals surface area contributed by atoms with E-state index in [1.807, 2.05) is 0 Å². The predicted octanol–water partition coefficient (Wildman–Crippen LogP) is 3.56. The summed E-state index contributed by atoms with van der Waals surface area (Å²) < 4.78 is 24.7. The van der Waals surface area contributed by atoms with Gasteiger partial charge in [0.25, 0.3) is 5.91 Å². The Bertz CT molecular complexity index is 870. The first-order valence-corrected chi connectivity index (χ1v) is 9.37. The number of ether oxygens (including phenoxy) is 2. The molecule has 2 aromatic rings. The number of benzene rings is 2. The molecule has 2 rings (SSSR count). The van der Waals surface area contributed by atoms with E-state index in [0.717, 1.165) is 6.42 Å². The number of hydrogen-bond donors (Lipinski definition) is 1. The molecule has 2 aromatic carbocycles. The predicted molar refractivity (Wildman–Crippen MR) is 108 cm³/mol. The Hall–Kier alpha value is -3.09.